The van der Waals surface area contributed by atoms with Gasteiger partial charge in [0.25, 0.3) is 5.91 Å². The molecule has 0 aromatic heterocycles. The molecule has 3 aromatic carbocycles. The number of carbonyl (C=O) groups excluding carboxylic acids is 2. The zero-order valence-electron chi connectivity index (χ0n) is 15.3. The lowest BCUT2D eigenvalue weighted by Crippen LogP contribution is -2.31. The molecule has 0 radical (unpaired) electrons. The molecule has 3 aromatic rings. The van der Waals surface area contributed by atoms with Gasteiger partial charge in [-0.25, -0.2) is 0 Å². The number of hydrogen-bond acceptors (Lipinski definition) is 4. The quantitative estimate of drug-likeness (QED) is 0.478. The zero-order chi connectivity index (χ0) is 20.6. The van der Waals surface area contributed by atoms with Gasteiger partial charge in [-0.05, 0) is 42.0 Å². The maximum atomic E-state index is 12.7. The molecule has 6 heteroatoms. The SMILES string of the molecule is N#Cc1ccc(OC(=O)CC(NC(=O)c2ccccc2Cl)c2ccccc2)cc1. The van der Waals surface area contributed by atoms with Crippen LogP contribution in [-0.2, 0) is 4.79 Å². The Morgan fingerprint density at radius 1 is 0.966 bits per heavy atom. The van der Waals surface area contributed by atoms with Crippen LogP contribution in [0.5, 0.6) is 5.75 Å². The Bertz CT molecular complexity index is 1040. The maximum absolute atomic E-state index is 12.7. The van der Waals surface area contributed by atoms with E-state index < -0.39 is 12.0 Å². The lowest BCUT2D eigenvalue weighted by atomic mass is 10.0. The molecule has 1 N–H and O–H groups in total. The van der Waals surface area contributed by atoms with Crippen LogP contribution in [0.15, 0.2) is 78.9 Å². The molecule has 0 spiro atoms. The average Bonchev–Trinajstić information content (AvgIpc) is 2.74. The highest BCUT2D eigenvalue weighted by Gasteiger charge is 2.21. The fourth-order valence-electron chi connectivity index (χ4n) is 2.76. The van der Waals surface area contributed by atoms with E-state index in [9.17, 15) is 9.59 Å². The van der Waals surface area contributed by atoms with Crippen LogP contribution in [0.3, 0.4) is 0 Å². The van der Waals surface area contributed by atoms with Gasteiger partial charge in [0.2, 0.25) is 0 Å². The van der Waals surface area contributed by atoms with E-state index in [2.05, 4.69) is 5.32 Å². The molecule has 0 fully saturated rings. The summed E-state index contributed by atoms with van der Waals surface area (Å²) in [5.41, 5.74) is 1.57. The van der Waals surface area contributed by atoms with Crippen molar-refractivity contribution in [2.45, 2.75) is 12.5 Å². The van der Waals surface area contributed by atoms with Crippen LogP contribution >= 0.6 is 11.6 Å². The average molecular weight is 405 g/mol. The number of benzene rings is 3. The molecule has 0 bridgehead atoms. The van der Waals surface area contributed by atoms with Crippen LogP contribution in [0.4, 0.5) is 0 Å². The Morgan fingerprint density at radius 2 is 1.62 bits per heavy atom. The molecule has 1 amide bonds. The first-order chi connectivity index (χ1) is 14.1. The third-order valence-electron chi connectivity index (χ3n) is 4.21. The van der Waals surface area contributed by atoms with Crippen molar-refractivity contribution in [3.63, 3.8) is 0 Å². The fraction of sp³-hybridized carbons (Fsp3) is 0.0870. The highest BCUT2D eigenvalue weighted by molar-refractivity contribution is 6.33. The van der Waals surface area contributed by atoms with Crippen molar-refractivity contribution >= 4 is 23.5 Å². The number of esters is 1. The van der Waals surface area contributed by atoms with Gasteiger partial charge in [-0.2, -0.15) is 5.26 Å². The zero-order valence-corrected chi connectivity index (χ0v) is 16.1. The predicted octanol–water partition coefficient (Wildman–Crippen LogP) is 4.68. The van der Waals surface area contributed by atoms with E-state index in [1.807, 2.05) is 36.4 Å². The lowest BCUT2D eigenvalue weighted by Gasteiger charge is -2.19. The van der Waals surface area contributed by atoms with Crippen LogP contribution in [0.25, 0.3) is 0 Å². The van der Waals surface area contributed by atoms with Crippen molar-refractivity contribution in [2.24, 2.45) is 0 Å². The van der Waals surface area contributed by atoms with Crippen LogP contribution in [0.1, 0.15) is 33.9 Å². The van der Waals surface area contributed by atoms with E-state index in [0.29, 0.717) is 21.9 Å². The van der Waals surface area contributed by atoms with Crippen LogP contribution in [-0.4, -0.2) is 11.9 Å². The first kappa shape index (κ1) is 20.1. The van der Waals surface area contributed by atoms with E-state index in [4.69, 9.17) is 21.6 Å². The largest absolute Gasteiger partial charge is 0.426 e. The normalized spacial score (nSPS) is 11.2. The Hall–Kier alpha value is -3.62. The molecule has 0 saturated heterocycles. The molecule has 1 unspecified atom stereocenters. The maximum Gasteiger partial charge on any atom is 0.313 e. The van der Waals surface area contributed by atoms with E-state index >= 15 is 0 Å². The number of ether oxygens (including phenoxy) is 1. The van der Waals surface area contributed by atoms with E-state index in [1.54, 1.807) is 48.5 Å². The molecule has 3 rings (SSSR count). The van der Waals surface area contributed by atoms with Gasteiger partial charge in [-0.1, -0.05) is 54.1 Å². The topological polar surface area (TPSA) is 79.2 Å². The smallest absolute Gasteiger partial charge is 0.313 e. The number of rotatable bonds is 6. The molecule has 144 valence electrons. The number of amides is 1. The highest BCUT2D eigenvalue weighted by Crippen LogP contribution is 2.21. The molecule has 1 atom stereocenters. The Labute approximate surface area is 173 Å². The molecule has 29 heavy (non-hydrogen) atoms. The molecule has 0 aliphatic rings. The predicted molar refractivity (Wildman–Crippen MR) is 110 cm³/mol. The number of hydrogen-bond donors (Lipinski definition) is 1. The van der Waals surface area contributed by atoms with E-state index in [1.165, 1.54) is 0 Å². The summed E-state index contributed by atoms with van der Waals surface area (Å²) in [5, 5.41) is 12.0. The van der Waals surface area contributed by atoms with Gasteiger partial charge >= 0.3 is 5.97 Å². The summed E-state index contributed by atoms with van der Waals surface area (Å²) >= 11 is 6.11. The third kappa shape index (κ3) is 5.44. The Balaban J connectivity index is 1.75. The molecule has 0 heterocycles. The molecule has 0 saturated carbocycles. The Kier molecular flexibility index (Phi) is 6.62. The minimum atomic E-state index is -0.592. The summed E-state index contributed by atoms with van der Waals surface area (Å²) in [5.74, 6) is -0.558. The molecule has 5 nitrogen and oxygen atoms in total. The van der Waals surface area contributed by atoms with Gasteiger partial charge in [0, 0.05) is 0 Å². The summed E-state index contributed by atoms with van der Waals surface area (Å²) < 4.78 is 5.35. The van der Waals surface area contributed by atoms with Crippen molar-refractivity contribution in [3.05, 3.63) is 101 Å². The summed E-state index contributed by atoms with van der Waals surface area (Å²) in [7, 11) is 0. The van der Waals surface area contributed by atoms with Gasteiger partial charge in [0.15, 0.2) is 0 Å². The second-order valence-electron chi connectivity index (χ2n) is 6.23. The number of nitrogens with one attached hydrogen (secondary N) is 1. The van der Waals surface area contributed by atoms with Crippen LogP contribution in [0, 0.1) is 11.3 Å². The van der Waals surface area contributed by atoms with Crippen molar-refractivity contribution in [2.75, 3.05) is 0 Å². The molecular formula is C23H17ClN2O3. The van der Waals surface area contributed by atoms with Crippen molar-refractivity contribution < 1.29 is 14.3 Å². The summed E-state index contributed by atoms with van der Waals surface area (Å²) in [6.45, 7) is 0. The van der Waals surface area contributed by atoms with Gasteiger partial charge in [0.1, 0.15) is 5.75 Å². The van der Waals surface area contributed by atoms with E-state index in [-0.39, 0.29) is 12.3 Å². The van der Waals surface area contributed by atoms with Crippen molar-refractivity contribution in [3.8, 4) is 11.8 Å². The molecule has 0 aliphatic heterocycles. The lowest BCUT2D eigenvalue weighted by molar-refractivity contribution is -0.134. The number of nitriles is 1. The fourth-order valence-corrected chi connectivity index (χ4v) is 2.98. The van der Waals surface area contributed by atoms with E-state index in [0.717, 1.165) is 5.56 Å². The van der Waals surface area contributed by atoms with Crippen LogP contribution < -0.4 is 10.1 Å². The van der Waals surface area contributed by atoms with Gasteiger partial charge < -0.3 is 10.1 Å². The van der Waals surface area contributed by atoms with Gasteiger partial charge in [0.05, 0.1) is 34.7 Å². The molecule has 0 aliphatic carbocycles. The summed E-state index contributed by atoms with van der Waals surface area (Å²) in [4.78, 5) is 25.2. The number of halogens is 1. The second kappa shape index (κ2) is 9.54. The minimum absolute atomic E-state index is 0.0692. The van der Waals surface area contributed by atoms with Crippen LogP contribution in [0.2, 0.25) is 5.02 Å². The summed E-state index contributed by atoms with van der Waals surface area (Å²) in [6.07, 6.45) is -0.0692. The number of carbonyl (C=O) groups is 2. The standard InChI is InChI=1S/C23H17ClN2O3/c24-20-9-5-4-8-19(20)23(28)26-21(17-6-2-1-3-7-17)14-22(27)29-18-12-10-16(15-25)11-13-18/h1-13,21H,14H2,(H,26,28). The number of nitrogens with zero attached hydrogens (tertiary/aromatic N) is 1. The second-order valence-corrected chi connectivity index (χ2v) is 6.64. The van der Waals surface area contributed by atoms with Gasteiger partial charge in [-0.3, -0.25) is 9.59 Å². The minimum Gasteiger partial charge on any atom is -0.426 e. The molecular weight excluding hydrogens is 388 g/mol. The first-order valence-electron chi connectivity index (χ1n) is 8.88. The van der Waals surface area contributed by atoms with Crippen molar-refractivity contribution in [1.82, 2.24) is 5.32 Å². The highest BCUT2D eigenvalue weighted by atomic mass is 35.5. The van der Waals surface area contributed by atoms with Crippen molar-refractivity contribution in [1.29, 1.82) is 5.26 Å². The third-order valence-corrected chi connectivity index (χ3v) is 4.54. The summed E-state index contributed by atoms with van der Waals surface area (Å²) in [6, 6.07) is 23.5. The Morgan fingerprint density at radius 3 is 2.28 bits per heavy atom. The monoisotopic (exact) mass is 404 g/mol. The first-order valence-corrected chi connectivity index (χ1v) is 9.26. The van der Waals surface area contributed by atoms with Gasteiger partial charge in [-0.15, -0.1) is 0 Å².